The van der Waals surface area contributed by atoms with Gasteiger partial charge in [-0.1, -0.05) is 84.9 Å². The molecule has 0 saturated heterocycles. The third-order valence-electron chi connectivity index (χ3n) is 6.21. The Kier molecular flexibility index (Phi) is 6.88. The second kappa shape index (κ2) is 10.4. The fourth-order valence-corrected chi connectivity index (χ4v) is 6.98. The summed E-state index contributed by atoms with van der Waals surface area (Å²) in [5, 5.41) is 14.4. The minimum absolute atomic E-state index is 0.0260. The molecule has 0 bridgehead atoms. The van der Waals surface area contributed by atoms with Crippen LogP contribution >= 0.6 is 7.92 Å². The molecule has 2 nitrogen and oxygen atoms in total. The van der Waals surface area contributed by atoms with E-state index in [1.165, 1.54) is 24.3 Å². The fraction of sp³-hybridized carbons (Fsp3) is 0.0645. The monoisotopic (exact) mass is 496 g/mol. The van der Waals surface area contributed by atoms with Crippen LogP contribution in [0, 0.1) is 11.6 Å². The molecule has 0 atom stereocenters. The molecule has 5 heteroatoms. The quantitative estimate of drug-likeness (QED) is 0.259. The van der Waals surface area contributed by atoms with Crippen molar-refractivity contribution in [2.24, 2.45) is 0 Å². The van der Waals surface area contributed by atoms with Crippen molar-refractivity contribution in [2.45, 2.75) is 12.8 Å². The maximum absolute atomic E-state index is 13.8. The molecule has 0 heterocycles. The van der Waals surface area contributed by atoms with Crippen molar-refractivity contribution < 1.29 is 18.7 Å². The van der Waals surface area contributed by atoms with Gasteiger partial charge in [-0.2, -0.15) is 0 Å². The summed E-state index contributed by atoms with van der Waals surface area (Å²) in [4.78, 5) is 11.4. The molecule has 1 N–H and O–H groups in total. The molecule has 0 aliphatic rings. The van der Waals surface area contributed by atoms with Crippen LogP contribution in [0.4, 0.5) is 8.78 Å². The van der Waals surface area contributed by atoms with Crippen LogP contribution in [0.2, 0.25) is 0 Å². The zero-order valence-corrected chi connectivity index (χ0v) is 20.3. The van der Waals surface area contributed by atoms with E-state index < -0.39 is 13.9 Å². The van der Waals surface area contributed by atoms with Crippen molar-refractivity contribution in [1.29, 1.82) is 0 Å². The van der Waals surface area contributed by atoms with E-state index >= 15 is 0 Å². The number of carboxylic acids is 1. The molecule has 0 fully saturated rings. The van der Waals surface area contributed by atoms with Gasteiger partial charge in [-0.25, -0.2) is 8.78 Å². The molecule has 5 rings (SSSR count). The smallest absolute Gasteiger partial charge is 0.303 e. The number of benzene rings is 5. The van der Waals surface area contributed by atoms with E-state index in [0.717, 1.165) is 43.4 Å². The lowest BCUT2D eigenvalue weighted by Crippen LogP contribution is -2.22. The number of carbonyl (C=O) groups is 1. The Bertz CT molecular complexity index is 1480. The number of aliphatic carboxylic acids is 1. The first kappa shape index (κ1) is 23.8. The number of hydrogen-bond acceptors (Lipinski definition) is 1. The topological polar surface area (TPSA) is 37.3 Å². The molecule has 0 saturated carbocycles. The molecule has 0 aromatic heterocycles. The maximum Gasteiger partial charge on any atom is 0.303 e. The highest BCUT2D eigenvalue weighted by Crippen LogP contribution is 2.40. The second-order valence-corrected chi connectivity index (χ2v) is 10.7. The van der Waals surface area contributed by atoms with Gasteiger partial charge in [0.05, 0.1) is 0 Å². The Morgan fingerprint density at radius 3 is 1.92 bits per heavy atom. The van der Waals surface area contributed by atoms with Crippen LogP contribution in [0.15, 0.2) is 109 Å². The molecule has 0 aliphatic heterocycles. The van der Waals surface area contributed by atoms with E-state index in [1.807, 2.05) is 42.5 Å². The van der Waals surface area contributed by atoms with Gasteiger partial charge >= 0.3 is 5.97 Å². The number of halogens is 2. The molecule has 0 aliphatic carbocycles. The Hall–Kier alpha value is -3.88. The molecular weight excluding hydrogens is 473 g/mol. The lowest BCUT2D eigenvalue weighted by molar-refractivity contribution is -0.136. The molecule has 0 spiro atoms. The molecule has 5 aromatic carbocycles. The van der Waals surface area contributed by atoms with E-state index in [9.17, 15) is 18.7 Å². The van der Waals surface area contributed by atoms with Crippen LogP contribution in [-0.2, 0) is 11.2 Å². The summed E-state index contributed by atoms with van der Waals surface area (Å²) >= 11 is 0. The van der Waals surface area contributed by atoms with E-state index in [4.69, 9.17) is 0 Å². The Morgan fingerprint density at radius 2 is 1.28 bits per heavy atom. The van der Waals surface area contributed by atoms with Crippen LogP contribution in [0.3, 0.4) is 0 Å². The summed E-state index contributed by atoms with van der Waals surface area (Å²) in [6.07, 6.45) is 0.424. The largest absolute Gasteiger partial charge is 0.481 e. The highest BCUT2D eigenvalue weighted by atomic mass is 31.1. The molecule has 178 valence electrons. The summed E-state index contributed by atoms with van der Waals surface area (Å²) in [6, 6.07) is 33.1. The lowest BCUT2D eigenvalue weighted by Gasteiger charge is -2.24. The van der Waals surface area contributed by atoms with Gasteiger partial charge in [-0.05, 0) is 82.0 Å². The average molecular weight is 496 g/mol. The number of rotatable bonds is 7. The van der Waals surface area contributed by atoms with Gasteiger partial charge in [0.1, 0.15) is 11.6 Å². The summed E-state index contributed by atoms with van der Waals surface area (Å²) in [6.45, 7) is 0. The van der Waals surface area contributed by atoms with Gasteiger partial charge < -0.3 is 5.11 Å². The van der Waals surface area contributed by atoms with E-state index in [2.05, 4.69) is 18.2 Å². The Balaban J connectivity index is 1.78. The predicted octanol–water partition coefficient (Wildman–Crippen LogP) is 6.56. The minimum Gasteiger partial charge on any atom is -0.481 e. The summed E-state index contributed by atoms with van der Waals surface area (Å²) in [5.41, 5.74) is 2.95. The van der Waals surface area contributed by atoms with Crippen molar-refractivity contribution in [2.75, 3.05) is 0 Å². The van der Waals surface area contributed by atoms with Crippen LogP contribution in [0.5, 0.6) is 0 Å². The zero-order chi connectivity index (χ0) is 25.1. The van der Waals surface area contributed by atoms with Crippen molar-refractivity contribution in [3.63, 3.8) is 0 Å². The Morgan fingerprint density at radius 1 is 0.694 bits per heavy atom. The summed E-state index contributed by atoms with van der Waals surface area (Å²) in [5.74, 6) is -1.47. The van der Waals surface area contributed by atoms with Crippen LogP contribution < -0.4 is 15.9 Å². The normalized spacial score (nSPS) is 11.2. The van der Waals surface area contributed by atoms with Gasteiger partial charge in [0.25, 0.3) is 0 Å². The summed E-state index contributed by atoms with van der Waals surface area (Å²) < 4.78 is 27.7. The molecule has 36 heavy (non-hydrogen) atoms. The predicted molar refractivity (Wildman–Crippen MR) is 144 cm³/mol. The highest BCUT2D eigenvalue weighted by Gasteiger charge is 2.23. The van der Waals surface area contributed by atoms with Crippen molar-refractivity contribution in [3.05, 3.63) is 126 Å². The standard InChI is InChI=1S/C31H23F2O2P/c32-23-12-16-25(17-13-23)36(26-18-14-24(33)15-19-26)29-8-4-3-7-28(29)31-22(11-20-30(34)35)10-9-21-5-1-2-6-27(21)31/h1-10,12-19H,11,20H2,(H,34,35). The number of aryl methyl sites for hydroxylation is 1. The van der Waals surface area contributed by atoms with Gasteiger partial charge in [0.15, 0.2) is 0 Å². The van der Waals surface area contributed by atoms with E-state index in [1.54, 1.807) is 24.3 Å². The first-order valence-corrected chi connectivity index (χ1v) is 13.0. The molecule has 0 radical (unpaired) electrons. The van der Waals surface area contributed by atoms with Crippen LogP contribution in [-0.4, -0.2) is 11.1 Å². The first-order valence-electron chi connectivity index (χ1n) is 11.6. The number of fused-ring (bicyclic) bond motifs is 1. The molecule has 5 aromatic rings. The van der Waals surface area contributed by atoms with Crippen LogP contribution in [0.1, 0.15) is 12.0 Å². The third-order valence-corrected chi connectivity index (χ3v) is 8.71. The first-order chi connectivity index (χ1) is 17.5. The van der Waals surface area contributed by atoms with E-state index in [-0.39, 0.29) is 18.1 Å². The van der Waals surface area contributed by atoms with Gasteiger partial charge in [-0.15, -0.1) is 0 Å². The van der Waals surface area contributed by atoms with Crippen LogP contribution in [0.25, 0.3) is 21.9 Å². The fourth-order valence-electron chi connectivity index (χ4n) is 4.57. The Labute approximate surface area is 209 Å². The molecular formula is C31H23F2O2P. The number of hydrogen-bond donors (Lipinski definition) is 1. The third kappa shape index (κ3) is 4.91. The van der Waals surface area contributed by atoms with Crippen molar-refractivity contribution in [1.82, 2.24) is 0 Å². The highest BCUT2D eigenvalue weighted by molar-refractivity contribution is 7.80. The van der Waals surface area contributed by atoms with Crippen molar-refractivity contribution >= 4 is 40.6 Å². The van der Waals surface area contributed by atoms with Gasteiger partial charge in [0.2, 0.25) is 0 Å². The van der Waals surface area contributed by atoms with Gasteiger partial charge in [-0.3, -0.25) is 4.79 Å². The van der Waals surface area contributed by atoms with Crippen molar-refractivity contribution in [3.8, 4) is 11.1 Å². The minimum atomic E-state index is -1.15. The van der Waals surface area contributed by atoms with Gasteiger partial charge in [0, 0.05) is 6.42 Å². The zero-order valence-electron chi connectivity index (χ0n) is 19.4. The molecule has 0 amide bonds. The summed E-state index contributed by atoms with van der Waals surface area (Å²) in [7, 11) is -1.15. The second-order valence-electron chi connectivity index (χ2n) is 8.52. The molecule has 0 unspecified atom stereocenters. The lowest BCUT2D eigenvalue weighted by atomic mass is 9.91. The average Bonchev–Trinajstić information content (AvgIpc) is 2.90. The maximum atomic E-state index is 13.8. The SMILES string of the molecule is O=C(O)CCc1ccc2ccccc2c1-c1ccccc1P(c1ccc(F)cc1)c1ccc(F)cc1. The number of carboxylic acid groups (broad SMARTS) is 1. The van der Waals surface area contributed by atoms with E-state index in [0.29, 0.717) is 6.42 Å².